The molecule has 0 spiro atoms. The zero-order chi connectivity index (χ0) is 5.82. The quantitative estimate of drug-likeness (QED) is 0.550. The Morgan fingerprint density at radius 2 is 1.88 bits per heavy atom. The summed E-state index contributed by atoms with van der Waals surface area (Å²) in [4.78, 5) is 0. The highest BCUT2D eigenvalue weighted by molar-refractivity contribution is 7.80. The molecule has 0 N–H and O–H groups in total. The van der Waals surface area contributed by atoms with E-state index < -0.39 is 0 Å². The van der Waals surface area contributed by atoms with Gasteiger partial charge in [-0.2, -0.15) is 12.6 Å². The van der Waals surface area contributed by atoms with Crippen molar-refractivity contribution in [1.29, 1.82) is 0 Å². The average Bonchev–Trinajstić information content (AvgIpc) is 2.19. The Labute approximate surface area is 52.5 Å². The van der Waals surface area contributed by atoms with Crippen LogP contribution in [-0.4, -0.2) is 11.9 Å². The lowest BCUT2D eigenvalue weighted by Gasteiger charge is -1.91. The molecule has 8 heavy (non-hydrogen) atoms. The van der Waals surface area contributed by atoms with Gasteiger partial charge in [-0.05, 0) is 16.2 Å². The van der Waals surface area contributed by atoms with Crippen molar-refractivity contribution in [3.63, 3.8) is 0 Å². The molecule has 0 radical (unpaired) electrons. The van der Waals surface area contributed by atoms with Gasteiger partial charge in [0, 0.05) is 6.42 Å². The molecule has 1 rings (SSSR count). The fourth-order valence-electron chi connectivity index (χ4n) is 0.419. The van der Waals surface area contributed by atoms with E-state index in [1.54, 1.807) is 0 Å². The molecule has 0 aromatic rings. The Bertz CT molecular complexity index is 108. The van der Waals surface area contributed by atoms with Crippen LogP contribution in [0.4, 0.5) is 0 Å². The first-order valence-electron chi connectivity index (χ1n) is 2.34. The van der Waals surface area contributed by atoms with Crippen LogP contribution in [0.5, 0.6) is 0 Å². The van der Waals surface area contributed by atoms with Gasteiger partial charge in [0.1, 0.15) is 0 Å². The van der Waals surface area contributed by atoms with Gasteiger partial charge in [-0.3, -0.25) is 0 Å². The van der Waals surface area contributed by atoms with Gasteiger partial charge in [0.2, 0.25) is 0 Å². The van der Waals surface area contributed by atoms with Gasteiger partial charge in [-0.25, -0.2) is 0 Å². The second kappa shape index (κ2) is 2.76. The van der Waals surface area contributed by atoms with Crippen molar-refractivity contribution in [3.8, 4) is 0 Å². The second-order valence-corrected chi connectivity index (χ2v) is 1.85. The normalized spacial score (nSPS) is 18.1. The minimum absolute atomic E-state index is 0.0486. The molecule has 44 valence electrons. The van der Waals surface area contributed by atoms with Gasteiger partial charge in [0.15, 0.2) is 6.17 Å². The average molecular weight is 130 g/mol. The Balaban J connectivity index is 2.27. The molecule has 0 fully saturated rings. The molecule has 0 bridgehead atoms. The second-order valence-electron chi connectivity index (χ2n) is 1.40. The molecule has 0 saturated heterocycles. The van der Waals surface area contributed by atoms with Crippen LogP contribution >= 0.6 is 12.6 Å². The molecule has 0 saturated carbocycles. The molecule has 0 aromatic heterocycles. The monoisotopic (exact) mass is 130 g/mol. The highest BCUT2D eigenvalue weighted by Crippen LogP contribution is 2.08. The molecule has 0 unspecified atom stereocenters. The largest absolute Gasteiger partial charge is 0.186 e. The molecule has 1 heterocycles. The molecular weight excluding hydrogens is 124 g/mol. The van der Waals surface area contributed by atoms with Crippen molar-refractivity contribution < 1.29 is 0 Å². The number of rotatable bonds is 2. The Morgan fingerprint density at radius 3 is 2.38 bits per heavy atom. The predicted octanol–water partition coefficient (Wildman–Crippen LogP) is 1.47. The van der Waals surface area contributed by atoms with Gasteiger partial charge in [0.25, 0.3) is 0 Å². The summed E-state index contributed by atoms with van der Waals surface area (Å²) in [6, 6.07) is 0. The molecule has 0 amide bonds. The highest BCUT2D eigenvalue weighted by atomic mass is 32.1. The maximum Gasteiger partial charge on any atom is 0.186 e. The summed E-state index contributed by atoms with van der Waals surface area (Å²) in [6.45, 7) is 0. The third-order valence-electron chi connectivity index (χ3n) is 0.797. The highest BCUT2D eigenvalue weighted by Gasteiger charge is 2.05. The van der Waals surface area contributed by atoms with Crippen LogP contribution in [-0.2, 0) is 0 Å². The van der Waals surface area contributed by atoms with Gasteiger partial charge in [0.05, 0.1) is 0 Å². The van der Waals surface area contributed by atoms with Gasteiger partial charge in [-0.15, -0.1) is 10.2 Å². The third-order valence-corrected chi connectivity index (χ3v) is 1.06. The molecule has 1 aliphatic heterocycles. The van der Waals surface area contributed by atoms with Crippen molar-refractivity contribution >= 4 is 12.6 Å². The maximum absolute atomic E-state index is 3.99. The first kappa shape index (κ1) is 5.68. The lowest BCUT2D eigenvalue weighted by atomic mass is 10.4. The van der Waals surface area contributed by atoms with E-state index in [4.69, 9.17) is 0 Å². The van der Waals surface area contributed by atoms with Gasteiger partial charge in [-0.1, -0.05) is 0 Å². The summed E-state index contributed by atoms with van der Waals surface area (Å²) in [5.74, 6) is 0.780. The molecule has 0 aliphatic carbocycles. The smallest absolute Gasteiger partial charge is 0.179 e. The van der Waals surface area contributed by atoms with E-state index in [9.17, 15) is 0 Å². The molecule has 1 aliphatic rings. The molecule has 0 aromatic carbocycles. The fourth-order valence-corrected chi connectivity index (χ4v) is 0.650. The van der Waals surface area contributed by atoms with Crippen LogP contribution in [0.3, 0.4) is 0 Å². The summed E-state index contributed by atoms with van der Waals surface area (Å²) in [5.41, 5.74) is 0. The summed E-state index contributed by atoms with van der Waals surface area (Å²) in [5, 5.41) is 14.0. The zero-order valence-corrected chi connectivity index (χ0v) is 5.12. The standard InChI is InChI=1S/C3H6N4S/c8-2-1-3-4-6-7-5-3/h3,8H,1-2H2. The van der Waals surface area contributed by atoms with E-state index in [2.05, 4.69) is 33.3 Å². The van der Waals surface area contributed by atoms with Crippen molar-refractivity contribution in [2.75, 3.05) is 5.75 Å². The minimum atomic E-state index is -0.0486. The molecular formula is C3H6N4S. The molecule has 5 heteroatoms. The third kappa shape index (κ3) is 1.26. The summed E-state index contributed by atoms with van der Waals surface area (Å²) >= 11 is 3.99. The van der Waals surface area contributed by atoms with Crippen LogP contribution in [0, 0.1) is 0 Å². The Hall–Kier alpha value is -0.450. The first-order valence-corrected chi connectivity index (χ1v) is 2.97. The molecule has 0 atom stereocenters. The summed E-state index contributed by atoms with van der Waals surface area (Å²) in [6.07, 6.45) is 0.781. The van der Waals surface area contributed by atoms with Crippen LogP contribution in [0.2, 0.25) is 0 Å². The number of hydrogen-bond acceptors (Lipinski definition) is 5. The SMILES string of the molecule is SCCC1N=NN=N1. The summed E-state index contributed by atoms with van der Waals surface area (Å²) < 4.78 is 0. The van der Waals surface area contributed by atoms with Crippen LogP contribution < -0.4 is 0 Å². The maximum atomic E-state index is 3.99. The number of nitrogens with zero attached hydrogens (tertiary/aromatic N) is 4. The molecule has 4 nitrogen and oxygen atoms in total. The number of thiol groups is 1. The van der Waals surface area contributed by atoms with E-state index in [1.165, 1.54) is 0 Å². The Kier molecular flexibility index (Phi) is 1.96. The van der Waals surface area contributed by atoms with E-state index in [0.717, 1.165) is 12.2 Å². The van der Waals surface area contributed by atoms with E-state index in [0.29, 0.717) is 0 Å². The van der Waals surface area contributed by atoms with Crippen molar-refractivity contribution in [3.05, 3.63) is 0 Å². The van der Waals surface area contributed by atoms with Crippen LogP contribution in [0.15, 0.2) is 20.7 Å². The van der Waals surface area contributed by atoms with E-state index in [-0.39, 0.29) is 6.17 Å². The Morgan fingerprint density at radius 1 is 1.25 bits per heavy atom. The lowest BCUT2D eigenvalue weighted by molar-refractivity contribution is 0.684. The van der Waals surface area contributed by atoms with E-state index >= 15 is 0 Å². The van der Waals surface area contributed by atoms with Crippen molar-refractivity contribution in [1.82, 2.24) is 0 Å². The lowest BCUT2D eigenvalue weighted by Crippen LogP contribution is -1.95. The van der Waals surface area contributed by atoms with Crippen LogP contribution in [0.25, 0.3) is 0 Å². The van der Waals surface area contributed by atoms with Crippen molar-refractivity contribution in [2.45, 2.75) is 12.6 Å². The predicted molar refractivity (Wildman–Crippen MR) is 32.0 cm³/mol. The van der Waals surface area contributed by atoms with Gasteiger partial charge >= 0.3 is 0 Å². The first-order chi connectivity index (χ1) is 3.93. The van der Waals surface area contributed by atoms with Crippen LogP contribution in [0.1, 0.15) is 6.42 Å². The number of hydrogen-bond donors (Lipinski definition) is 1. The zero-order valence-electron chi connectivity index (χ0n) is 4.23. The van der Waals surface area contributed by atoms with Crippen molar-refractivity contribution in [2.24, 2.45) is 20.7 Å². The van der Waals surface area contributed by atoms with E-state index in [1.807, 2.05) is 0 Å². The topological polar surface area (TPSA) is 49.4 Å². The fraction of sp³-hybridized carbons (Fsp3) is 1.00. The summed E-state index contributed by atoms with van der Waals surface area (Å²) in [7, 11) is 0. The minimum Gasteiger partial charge on any atom is -0.179 e. The van der Waals surface area contributed by atoms with Gasteiger partial charge < -0.3 is 0 Å².